The molecular formula is C11H20O4. The molecule has 0 amide bonds. The standard InChI is InChI=1S/C6H10.C5H10O4/c1-2-4-6-5-3-1;6-2-4-3(7)1-5(8)9-4/h1-2H,3-6H2;3-8H,1-2H2/t;3-,4+,5?/m.0/s1. The maximum absolute atomic E-state index is 8.91. The lowest BCUT2D eigenvalue weighted by Gasteiger charge is -2.08. The van der Waals surface area contributed by atoms with Crippen LogP contribution in [0.3, 0.4) is 0 Å². The normalized spacial score (nSPS) is 34.7. The van der Waals surface area contributed by atoms with Crippen LogP contribution in [0.5, 0.6) is 0 Å². The van der Waals surface area contributed by atoms with Crippen molar-refractivity contribution in [2.75, 3.05) is 6.61 Å². The van der Waals surface area contributed by atoms with Gasteiger partial charge in [-0.15, -0.1) is 0 Å². The van der Waals surface area contributed by atoms with E-state index in [0.29, 0.717) is 0 Å². The zero-order valence-electron chi connectivity index (χ0n) is 8.88. The Hall–Kier alpha value is -0.420. The van der Waals surface area contributed by atoms with E-state index in [0.717, 1.165) is 0 Å². The Balaban J connectivity index is 0.000000162. The Bertz CT molecular complexity index is 185. The van der Waals surface area contributed by atoms with E-state index in [9.17, 15) is 0 Å². The minimum absolute atomic E-state index is 0.200. The summed E-state index contributed by atoms with van der Waals surface area (Å²) in [5.74, 6) is 0. The van der Waals surface area contributed by atoms with Crippen LogP contribution < -0.4 is 0 Å². The summed E-state index contributed by atoms with van der Waals surface area (Å²) in [6, 6.07) is 0. The molecule has 2 aliphatic rings. The van der Waals surface area contributed by atoms with Gasteiger partial charge < -0.3 is 20.1 Å². The molecule has 1 aliphatic heterocycles. The van der Waals surface area contributed by atoms with Gasteiger partial charge in [0.1, 0.15) is 6.10 Å². The molecule has 0 radical (unpaired) electrons. The first kappa shape index (κ1) is 12.6. The SMILES string of the molecule is C1=CCCCC1.OC[C@H]1OC(O)C[C@@H]1O. The minimum Gasteiger partial charge on any atom is -0.394 e. The van der Waals surface area contributed by atoms with Crippen LogP contribution >= 0.6 is 0 Å². The summed E-state index contributed by atoms with van der Waals surface area (Å²) in [5.41, 5.74) is 0. The number of ether oxygens (including phenoxy) is 1. The molecule has 0 saturated carbocycles. The van der Waals surface area contributed by atoms with Crippen LogP contribution in [0.1, 0.15) is 32.1 Å². The molecule has 15 heavy (non-hydrogen) atoms. The summed E-state index contributed by atoms with van der Waals surface area (Å²) in [6.45, 7) is -0.238. The highest BCUT2D eigenvalue weighted by Gasteiger charge is 2.31. The van der Waals surface area contributed by atoms with Crippen LogP contribution in [-0.2, 0) is 4.74 Å². The highest BCUT2D eigenvalue weighted by molar-refractivity contribution is 4.85. The lowest BCUT2D eigenvalue weighted by Crippen LogP contribution is -2.24. The second-order valence-electron chi connectivity index (χ2n) is 3.87. The molecular weight excluding hydrogens is 196 g/mol. The smallest absolute Gasteiger partial charge is 0.157 e. The molecule has 1 saturated heterocycles. The number of hydrogen-bond donors (Lipinski definition) is 3. The third-order valence-electron chi connectivity index (χ3n) is 2.54. The number of rotatable bonds is 1. The quantitative estimate of drug-likeness (QED) is 0.560. The number of allylic oxidation sites excluding steroid dienone is 2. The molecule has 0 aromatic rings. The van der Waals surface area contributed by atoms with Gasteiger partial charge in [-0.2, -0.15) is 0 Å². The average molecular weight is 216 g/mol. The number of aliphatic hydroxyl groups excluding tert-OH is 3. The number of hydrogen-bond acceptors (Lipinski definition) is 4. The molecule has 0 bridgehead atoms. The van der Waals surface area contributed by atoms with Gasteiger partial charge in [0.2, 0.25) is 0 Å². The largest absolute Gasteiger partial charge is 0.394 e. The van der Waals surface area contributed by atoms with Gasteiger partial charge in [0.15, 0.2) is 6.29 Å². The Labute approximate surface area is 90.2 Å². The zero-order chi connectivity index (χ0) is 11.1. The molecule has 2 rings (SSSR count). The Morgan fingerprint density at radius 2 is 1.73 bits per heavy atom. The van der Waals surface area contributed by atoms with Gasteiger partial charge in [-0.1, -0.05) is 12.2 Å². The third kappa shape index (κ3) is 4.75. The highest BCUT2D eigenvalue weighted by Crippen LogP contribution is 2.17. The fourth-order valence-corrected chi connectivity index (χ4v) is 1.63. The van der Waals surface area contributed by atoms with Crippen LogP contribution in [0.2, 0.25) is 0 Å². The summed E-state index contributed by atoms with van der Waals surface area (Å²) in [6.07, 6.45) is 7.98. The van der Waals surface area contributed by atoms with Crippen LogP contribution in [0.4, 0.5) is 0 Å². The fraction of sp³-hybridized carbons (Fsp3) is 0.818. The molecule has 3 N–H and O–H groups in total. The van der Waals surface area contributed by atoms with E-state index in [4.69, 9.17) is 15.3 Å². The lowest BCUT2D eigenvalue weighted by molar-refractivity contribution is -0.107. The summed E-state index contributed by atoms with van der Waals surface area (Å²) < 4.78 is 4.68. The van der Waals surface area contributed by atoms with Crippen molar-refractivity contribution in [3.63, 3.8) is 0 Å². The van der Waals surface area contributed by atoms with Crippen molar-refractivity contribution in [3.05, 3.63) is 12.2 Å². The molecule has 1 fully saturated rings. The van der Waals surface area contributed by atoms with E-state index >= 15 is 0 Å². The molecule has 88 valence electrons. The molecule has 1 heterocycles. The van der Waals surface area contributed by atoms with Crippen LogP contribution in [0.15, 0.2) is 12.2 Å². The molecule has 4 nitrogen and oxygen atoms in total. The highest BCUT2D eigenvalue weighted by atomic mass is 16.6. The zero-order valence-corrected chi connectivity index (χ0v) is 8.88. The first-order valence-electron chi connectivity index (χ1n) is 5.51. The summed E-state index contributed by atoms with van der Waals surface area (Å²) in [7, 11) is 0. The lowest BCUT2D eigenvalue weighted by atomic mass is 10.1. The summed E-state index contributed by atoms with van der Waals surface area (Å²) >= 11 is 0. The van der Waals surface area contributed by atoms with Crippen molar-refractivity contribution in [2.24, 2.45) is 0 Å². The molecule has 3 atom stereocenters. The molecule has 1 aliphatic carbocycles. The van der Waals surface area contributed by atoms with Gasteiger partial charge in [-0.25, -0.2) is 0 Å². The van der Waals surface area contributed by atoms with E-state index in [1.807, 2.05) is 0 Å². The van der Waals surface area contributed by atoms with Crippen molar-refractivity contribution < 1.29 is 20.1 Å². The Morgan fingerprint density at radius 1 is 1.13 bits per heavy atom. The van der Waals surface area contributed by atoms with Gasteiger partial charge in [-0.05, 0) is 25.7 Å². The predicted octanol–water partition coefficient (Wildman–Crippen LogP) is 0.563. The van der Waals surface area contributed by atoms with Crippen LogP contribution in [0, 0.1) is 0 Å². The average Bonchev–Trinajstić information content (AvgIpc) is 2.60. The first-order chi connectivity index (χ1) is 7.24. The van der Waals surface area contributed by atoms with Gasteiger partial charge in [-0.3, -0.25) is 0 Å². The van der Waals surface area contributed by atoms with E-state index in [1.165, 1.54) is 25.7 Å². The topological polar surface area (TPSA) is 69.9 Å². The van der Waals surface area contributed by atoms with Gasteiger partial charge in [0, 0.05) is 6.42 Å². The molecule has 4 heteroatoms. The fourth-order valence-electron chi connectivity index (χ4n) is 1.63. The maximum atomic E-state index is 8.91. The van der Waals surface area contributed by atoms with Crippen LogP contribution in [-0.4, -0.2) is 40.4 Å². The van der Waals surface area contributed by atoms with E-state index in [-0.39, 0.29) is 13.0 Å². The predicted molar refractivity (Wildman–Crippen MR) is 56.2 cm³/mol. The van der Waals surface area contributed by atoms with Crippen molar-refractivity contribution >= 4 is 0 Å². The van der Waals surface area contributed by atoms with Gasteiger partial charge >= 0.3 is 0 Å². The minimum atomic E-state index is -0.905. The first-order valence-corrected chi connectivity index (χ1v) is 5.51. The van der Waals surface area contributed by atoms with Crippen molar-refractivity contribution in [1.82, 2.24) is 0 Å². The van der Waals surface area contributed by atoms with E-state index in [1.54, 1.807) is 0 Å². The van der Waals surface area contributed by atoms with Crippen molar-refractivity contribution in [1.29, 1.82) is 0 Å². The maximum Gasteiger partial charge on any atom is 0.157 e. The van der Waals surface area contributed by atoms with Crippen molar-refractivity contribution in [2.45, 2.75) is 50.6 Å². The number of aliphatic hydroxyl groups is 3. The third-order valence-corrected chi connectivity index (χ3v) is 2.54. The molecule has 0 aromatic heterocycles. The summed E-state index contributed by atoms with van der Waals surface area (Å²) in [4.78, 5) is 0. The Morgan fingerprint density at radius 3 is 1.93 bits per heavy atom. The van der Waals surface area contributed by atoms with Crippen LogP contribution in [0.25, 0.3) is 0 Å². The summed E-state index contributed by atoms with van der Waals surface area (Å²) in [5, 5.41) is 26.1. The van der Waals surface area contributed by atoms with E-state index < -0.39 is 18.5 Å². The molecule has 0 spiro atoms. The van der Waals surface area contributed by atoms with Gasteiger partial charge in [0.25, 0.3) is 0 Å². The van der Waals surface area contributed by atoms with E-state index in [2.05, 4.69) is 16.9 Å². The van der Waals surface area contributed by atoms with Gasteiger partial charge in [0.05, 0.1) is 12.7 Å². The second-order valence-corrected chi connectivity index (χ2v) is 3.87. The second kappa shape index (κ2) is 6.95. The molecule has 0 aromatic carbocycles. The monoisotopic (exact) mass is 216 g/mol. The Kier molecular flexibility index (Phi) is 5.86. The molecule has 1 unspecified atom stereocenters. The van der Waals surface area contributed by atoms with Crippen molar-refractivity contribution in [3.8, 4) is 0 Å².